The number of nitrogens with zero attached hydrogens (tertiary/aromatic N) is 4. The summed E-state index contributed by atoms with van der Waals surface area (Å²) in [5.74, 6) is 0. The first-order chi connectivity index (χ1) is 27.5. The maximum Gasteiger partial charge on any atom is 0.322 e. The maximum atomic E-state index is 12.6. The summed E-state index contributed by atoms with van der Waals surface area (Å²) in [6.45, 7) is 23.0. The topological polar surface area (TPSA) is 103 Å². The summed E-state index contributed by atoms with van der Waals surface area (Å²) in [6, 6.07) is 13.7. The number of nitrogens with one attached hydrogen (secondary N) is 4. The number of carbonyl (C=O) groups excluding carboxylic acids is 2. The van der Waals surface area contributed by atoms with Crippen molar-refractivity contribution in [1.29, 1.82) is 0 Å². The highest BCUT2D eigenvalue weighted by molar-refractivity contribution is 5.99. The van der Waals surface area contributed by atoms with Gasteiger partial charge in [-0.05, 0) is 113 Å². The molecule has 0 atom stereocenters. The molecule has 310 valence electrons. The minimum Gasteiger partial charge on any atom is -0.361 e. The van der Waals surface area contributed by atoms with Crippen molar-refractivity contribution in [2.45, 2.75) is 118 Å². The molecule has 2 aromatic heterocycles. The molecule has 0 spiro atoms. The van der Waals surface area contributed by atoms with E-state index in [2.05, 4.69) is 108 Å². The number of amides is 4. The van der Waals surface area contributed by atoms with Crippen molar-refractivity contribution < 1.29 is 9.59 Å². The Balaban J connectivity index is 0.000000218. The first-order valence-corrected chi connectivity index (χ1v) is 21.7. The summed E-state index contributed by atoms with van der Waals surface area (Å²) in [7, 11) is 1.83. The lowest BCUT2D eigenvalue weighted by Crippen LogP contribution is -2.39. The van der Waals surface area contributed by atoms with Crippen LogP contribution in [0.3, 0.4) is 0 Å². The molecule has 0 saturated heterocycles. The highest BCUT2D eigenvalue weighted by atomic mass is 16.2. The largest absolute Gasteiger partial charge is 0.361 e. The Hall–Kier alpha value is -4.54. The standard InChI is InChI=1S/C24H36N4O.C23H34N4O/c1-6-20(7-2)27-13-11-18(12-14-27)22-16-25-23-10-9-19(15-21(22)23)26-24(29)28(8-3)17(4)5;1-5-12-26(4)23(28)25-18-8-9-22-20(15-18)21(16-24-22)17-10-13-27(14-11-17)19(6-2)7-3/h9-11,15-17,20,25H,6-8,12-14H2,1-5H3,(H,26,29);8-10,15-16,19,24H,5-7,11-14H2,1-4H3,(H,25,28). The number of benzene rings is 2. The highest BCUT2D eigenvalue weighted by Crippen LogP contribution is 2.33. The van der Waals surface area contributed by atoms with Gasteiger partial charge in [-0.1, -0.05) is 46.8 Å². The van der Waals surface area contributed by atoms with Crippen LogP contribution in [0.15, 0.2) is 60.9 Å². The molecule has 10 heteroatoms. The second kappa shape index (κ2) is 20.8. The Bertz CT molecular complexity index is 1980. The minimum atomic E-state index is -0.0593. The zero-order chi connectivity index (χ0) is 41.1. The van der Waals surface area contributed by atoms with Gasteiger partial charge in [0.25, 0.3) is 0 Å². The SMILES string of the molecule is CCC(CC)N1CC=C(c2c[nH]c3ccc(NC(=O)N(CC)C(C)C)cc23)CC1.CCCN(C)C(=O)Nc1ccc2[nH]cc(C3=CCN(C(CC)CC)CC3)c2c1. The van der Waals surface area contributed by atoms with Gasteiger partial charge in [-0.25, -0.2) is 9.59 Å². The van der Waals surface area contributed by atoms with Gasteiger partial charge < -0.3 is 30.4 Å². The number of H-pyrrole nitrogens is 2. The van der Waals surface area contributed by atoms with Gasteiger partial charge in [0.05, 0.1) is 0 Å². The zero-order valence-corrected chi connectivity index (χ0v) is 36.3. The number of hydrogen-bond donors (Lipinski definition) is 4. The summed E-state index contributed by atoms with van der Waals surface area (Å²) in [5, 5.41) is 8.45. The molecule has 4 heterocycles. The van der Waals surface area contributed by atoms with Gasteiger partial charge in [0.15, 0.2) is 0 Å². The molecule has 10 nitrogen and oxygen atoms in total. The third-order valence-electron chi connectivity index (χ3n) is 12.1. The lowest BCUT2D eigenvalue weighted by atomic mass is 9.97. The van der Waals surface area contributed by atoms with Crippen molar-refractivity contribution >= 4 is 56.4 Å². The third-order valence-corrected chi connectivity index (χ3v) is 12.1. The molecule has 0 aliphatic carbocycles. The average molecular weight is 779 g/mol. The van der Waals surface area contributed by atoms with Crippen molar-refractivity contribution in [1.82, 2.24) is 29.6 Å². The number of rotatable bonds is 14. The van der Waals surface area contributed by atoms with Gasteiger partial charge in [0, 0.05) is 121 Å². The number of aromatic nitrogens is 2. The summed E-state index contributed by atoms with van der Waals surface area (Å²) >= 11 is 0. The molecular formula is C47H70N8O2. The van der Waals surface area contributed by atoms with E-state index in [1.165, 1.54) is 58.7 Å². The average Bonchev–Trinajstić information content (AvgIpc) is 3.84. The minimum absolute atomic E-state index is 0.0448. The molecule has 0 bridgehead atoms. The Morgan fingerprint density at radius 1 is 0.702 bits per heavy atom. The Kier molecular flexibility index (Phi) is 15.9. The Morgan fingerprint density at radius 3 is 1.53 bits per heavy atom. The molecular weight excluding hydrogens is 709 g/mol. The number of fused-ring (bicyclic) bond motifs is 2. The molecule has 2 aliphatic rings. The van der Waals surface area contributed by atoms with E-state index in [1.807, 2.05) is 50.9 Å². The fourth-order valence-corrected chi connectivity index (χ4v) is 8.65. The fraction of sp³-hybridized carbons (Fsp3) is 0.532. The molecule has 0 radical (unpaired) electrons. The number of anilines is 2. The van der Waals surface area contributed by atoms with E-state index in [0.29, 0.717) is 18.6 Å². The van der Waals surface area contributed by atoms with Crippen molar-refractivity contribution in [2.75, 3.05) is 56.9 Å². The Morgan fingerprint density at radius 2 is 1.16 bits per heavy atom. The number of urea groups is 2. The third kappa shape index (κ3) is 10.7. The van der Waals surface area contributed by atoms with Gasteiger partial charge in [-0.3, -0.25) is 9.80 Å². The van der Waals surface area contributed by atoms with Crippen LogP contribution in [0.5, 0.6) is 0 Å². The maximum absolute atomic E-state index is 12.6. The van der Waals surface area contributed by atoms with Gasteiger partial charge in [-0.2, -0.15) is 0 Å². The molecule has 0 unspecified atom stereocenters. The monoisotopic (exact) mass is 779 g/mol. The van der Waals surface area contributed by atoms with Crippen molar-refractivity contribution in [2.24, 2.45) is 0 Å². The first-order valence-electron chi connectivity index (χ1n) is 21.7. The molecule has 2 aliphatic heterocycles. The second-order valence-electron chi connectivity index (χ2n) is 16.0. The van der Waals surface area contributed by atoms with Crippen molar-refractivity contribution in [3.63, 3.8) is 0 Å². The normalized spacial score (nSPS) is 15.2. The highest BCUT2D eigenvalue weighted by Gasteiger charge is 2.22. The van der Waals surface area contributed by atoms with Crippen LogP contribution >= 0.6 is 0 Å². The van der Waals surface area contributed by atoms with E-state index < -0.39 is 0 Å². The first kappa shape index (κ1) is 43.6. The predicted molar refractivity (Wildman–Crippen MR) is 242 cm³/mol. The van der Waals surface area contributed by atoms with Crippen LogP contribution in [-0.4, -0.2) is 106 Å². The van der Waals surface area contributed by atoms with E-state index in [4.69, 9.17) is 0 Å². The molecule has 57 heavy (non-hydrogen) atoms. The quantitative estimate of drug-likeness (QED) is 0.102. The van der Waals surface area contributed by atoms with Crippen molar-refractivity contribution in [3.05, 3.63) is 72.1 Å². The Labute approximate surface area is 342 Å². The lowest BCUT2D eigenvalue weighted by molar-refractivity contribution is 0.201. The summed E-state index contributed by atoms with van der Waals surface area (Å²) < 4.78 is 0. The molecule has 2 aromatic carbocycles. The lowest BCUT2D eigenvalue weighted by Gasteiger charge is -2.33. The molecule has 0 saturated carbocycles. The van der Waals surface area contributed by atoms with Gasteiger partial charge in [-0.15, -0.1) is 0 Å². The number of hydrogen-bond acceptors (Lipinski definition) is 4. The van der Waals surface area contributed by atoms with E-state index in [-0.39, 0.29) is 18.1 Å². The van der Waals surface area contributed by atoms with Crippen LogP contribution in [0.1, 0.15) is 111 Å². The molecule has 6 rings (SSSR count). The number of carbonyl (C=O) groups is 2. The zero-order valence-electron chi connectivity index (χ0n) is 36.3. The molecule has 0 fully saturated rings. The summed E-state index contributed by atoms with van der Waals surface area (Å²) in [4.78, 5) is 40.4. The molecule has 4 N–H and O–H groups in total. The van der Waals surface area contributed by atoms with Gasteiger partial charge in [0.1, 0.15) is 0 Å². The molecule has 4 aromatic rings. The van der Waals surface area contributed by atoms with Gasteiger partial charge >= 0.3 is 12.1 Å². The smallest absolute Gasteiger partial charge is 0.322 e. The van der Waals surface area contributed by atoms with Crippen LogP contribution in [0.2, 0.25) is 0 Å². The van der Waals surface area contributed by atoms with Crippen molar-refractivity contribution in [3.8, 4) is 0 Å². The predicted octanol–water partition coefficient (Wildman–Crippen LogP) is 11.0. The van der Waals surface area contributed by atoms with Crippen LogP contribution in [0.4, 0.5) is 21.0 Å². The van der Waals surface area contributed by atoms with Crippen LogP contribution in [0.25, 0.3) is 33.0 Å². The van der Waals surface area contributed by atoms with E-state index in [0.717, 1.165) is 74.4 Å². The summed E-state index contributed by atoms with van der Waals surface area (Å²) in [6.07, 6.45) is 16.9. The van der Waals surface area contributed by atoms with Crippen LogP contribution in [0, 0.1) is 0 Å². The fourth-order valence-electron chi connectivity index (χ4n) is 8.65. The number of aromatic amines is 2. The van der Waals surface area contributed by atoms with Crippen LogP contribution in [-0.2, 0) is 0 Å². The van der Waals surface area contributed by atoms with Crippen LogP contribution < -0.4 is 10.6 Å². The van der Waals surface area contributed by atoms with E-state index in [1.54, 1.807) is 4.90 Å². The van der Waals surface area contributed by atoms with E-state index in [9.17, 15) is 9.59 Å². The summed E-state index contributed by atoms with van der Waals surface area (Å²) in [5.41, 5.74) is 9.23. The van der Waals surface area contributed by atoms with Gasteiger partial charge in [0.2, 0.25) is 0 Å². The molecule has 4 amide bonds. The van der Waals surface area contributed by atoms with E-state index >= 15 is 0 Å². The second-order valence-corrected chi connectivity index (χ2v) is 16.0.